The zero-order valence-corrected chi connectivity index (χ0v) is 11.8. The van der Waals surface area contributed by atoms with Crippen LogP contribution in [0.25, 0.3) is 0 Å². The predicted molar refractivity (Wildman–Crippen MR) is 75.3 cm³/mol. The largest absolute Gasteiger partial charge is 0.329 e. The van der Waals surface area contributed by atoms with E-state index in [0.717, 1.165) is 0 Å². The molecule has 1 aromatic heterocycles. The molecule has 0 spiro atoms. The summed E-state index contributed by atoms with van der Waals surface area (Å²) in [5.41, 5.74) is 8.65. The van der Waals surface area contributed by atoms with Crippen LogP contribution in [0.5, 0.6) is 0 Å². The van der Waals surface area contributed by atoms with E-state index in [1.54, 1.807) is 0 Å². The second kappa shape index (κ2) is 5.81. The minimum Gasteiger partial charge on any atom is -0.329 e. The summed E-state index contributed by atoms with van der Waals surface area (Å²) in [4.78, 5) is 6.87. The second-order valence-corrected chi connectivity index (χ2v) is 5.68. The highest BCUT2D eigenvalue weighted by Crippen LogP contribution is 2.33. The summed E-state index contributed by atoms with van der Waals surface area (Å²) in [5, 5.41) is 0. The first-order chi connectivity index (χ1) is 8.65. The first-order valence-electron chi connectivity index (χ1n) is 7.01. The number of rotatable bonds is 4. The molecule has 0 saturated carbocycles. The Labute approximate surface area is 110 Å². The van der Waals surface area contributed by atoms with E-state index >= 15 is 0 Å². The SMILES string of the molecule is Cc1ccncc1C(CN)N1CCCC1C(C)C. The summed E-state index contributed by atoms with van der Waals surface area (Å²) in [7, 11) is 0. The number of nitrogens with two attached hydrogens (primary N) is 1. The summed E-state index contributed by atoms with van der Waals surface area (Å²) in [6.45, 7) is 8.62. The van der Waals surface area contributed by atoms with Gasteiger partial charge in [0.25, 0.3) is 0 Å². The second-order valence-electron chi connectivity index (χ2n) is 5.68. The van der Waals surface area contributed by atoms with Crippen LogP contribution in [0.3, 0.4) is 0 Å². The standard InChI is InChI=1S/C15H25N3/c1-11(2)14-5-4-8-18(14)15(9-16)13-10-17-7-6-12(13)3/h6-7,10-11,14-15H,4-5,8-9,16H2,1-3H3. The third kappa shape index (κ3) is 2.57. The Morgan fingerprint density at radius 2 is 2.28 bits per heavy atom. The Hall–Kier alpha value is -0.930. The molecule has 2 heterocycles. The molecule has 3 heteroatoms. The van der Waals surface area contributed by atoms with Crippen molar-refractivity contribution in [3.05, 3.63) is 29.6 Å². The van der Waals surface area contributed by atoms with Crippen molar-refractivity contribution in [3.63, 3.8) is 0 Å². The Morgan fingerprint density at radius 3 is 2.89 bits per heavy atom. The summed E-state index contributed by atoms with van der Waals surface area (Å²) in [6.07, 6.45) is 6.44. The zero-order valence-electron chi connectivity index (χ0n) is 11.8. The average molecular weight is 247 g/mol. The van der Waals surface area contributed by atoms with Crippen LogP contribution in [0, 0.1) is 12.8 Å². The molecule has 0 bridgehead atoms. The normalized spacial score (nSPS) is 22.6. The van der Waals surface area contributed by atoms with E-state index in [1.165, 1.54) is 30.5 Å². The van der Waals surface area contributed by atoms with Crippen molar-refractivity contribution in [1.29, 1.82) is 0 Å². The first kappa shape index (κ1) is 13.5. The van der Waals surface area contributed by atoms with Crippen LogP contribution in [-0.2, 0) is 0 Å². The van der Waals surface area contributed by atoms with Crippen molar-refractivity contribution in [1.82, 2.24) is 9.88 Å². The molecule has 2 N–H and O–H groups in total. The number of hydrogen-bond acceptors (Lipinski definition) is 3. The Morgan fingerprint density at radius 1 is 1.50 bits per heavy atom. The van der Waals surface area contributed by atoms with Crippen molar-refractivity contribution >= 4 is 0 Å². The van der Waals surface area contributed by atoms with Crippen molar-refractivity contribution in [2.75, 3.05) is 13.1 Å². The van der Waals surface area contributed by atoms with Crippen molar-refractivity contribution in [3.8, 4) is 0 Å². The molecule has 18 heavy (non-hydrogen) atoms. The third-order valence-electron chi connectivity index (χ3n) is 4.17. The lowest BCUT2D eigenvalue weighted by atomic mass is 9.97. The average Bonchev–Trinajstić information content (AvgIpc) is 2.82. The maximum atomic E-state index is 6.05. The Balaban J connectivity index is 2.26. The number of nitrogens with zero attached hydrogens (tertiary/aromatic N) is 2. The fourth-order valence-electron chi connectivity index (χ4n) is 3.18. The molecular formula is C15H25N3. The van der Waals surface area contributed by atoms with Crippen molar-refractivity contribution < 1.29 is 0 Å². The number of aromatic nitrogens is 1. The van der Waals surface area contributed by atoms with Gasteiger partial charge in [-0.15, -0.1) is 0 Å². The summed E-state index contributed by atoms with van der Waals surface area (Å²) in [6, 6.07) is 3.07. The van der Waals surface area contributed by atoms with Crippen LogP contribution in [0.1, 0.15) is 43.9 Å². The maximum absolute atomic E-state index is 6.05. The fourth-order valence-corrected chi connectivity index (χ4v) is 3.18. The maximum Gasteiger partial charge on any atom is 0.0491 e. The fraction of sp³-hybridized carbons (Fsp3) is 0.667. The van der Waals surface area contributed by atoms with E-state index in [0.29, 0.717) is 24.5 Å². The third-order valence-corrected chi connectivity index (χ3v) is 4.17. The Kier molecular flexibility index (Phi) is 4.36. The molecule has 2 unspecified atom stereocenters. The topological polar surface area (TPSA) is 42.1 Å². The monoisotopic (exact) mass is 247 g/mol. The van der Waals surface area contributed by atoms with Gasteiger partial charge in [-0.25, -0.2) is 0 Å². The minimum absolute atomic E-state index is 0.327. The number of likely N-dealkylation sites (tertiary alicyclic amines) is 1. The molecule has 0 radical (unpaired) electrons. The molecule has 1 fully saturated rings. The van der Waals surface area contributed by atoms with Gasteiger partial charge in [0, 0.05) is 31.0 Å². The number of hydrogen-bond donors (Lipinski definition) is 1. The highest BCUT2D eigenvalue weighted by atomic mass is 15.2. The van der Waals surface area contributed by atoms with Gasteiger partial charge in [-0.05, 0) is 49.4 Å². The molecule has 1 aliphatic heterocycles. The molecule has 0 amide bonds. The quantitative estimate of drug-likeness (QED) is 0.889. The first-order valence-corrected chi connectivity index (χ1v) is 7.01. The molecule has 1 aromatic rings. The van der Waals surface area contributed by atoms with Gasteiger partial charge >= 0.3 is 0 Å². The lowest BCUT2D eigenvalue weighted by Gasteiger charge is -2.35. The van der Waals surface area contributed by atoms with Gasteiger partial charge in [0.1, 0.15) is 0 Å². The molecule has 1 aliphatic rings. The molecule has 3 nitrogen and oxygen atoms in total. The molecule has 100 valence electrons. The van der Waals surface area contributed by atoms with E-state index in [9.17, 15) is 0 Å². The van der Waals surface area contributed by atoms with Crippen molar-refractivity contribution in [2.24, 2.45) is 11.7 Å². The van der Waals surface area contributed by atoms with Gasteiger partial charge in [0.15, 0.2) is 0 Å². The number of aryl methyl sites for hydroxylation is 1. The van der Waals surface area contributed by atoms with Gasteiger partial charge in [0.05, 0.1) is 0 Å². The van der Waals surface area contributed by atoms with Crippen LogP contribution in [0.15, 0.2) is 18.5 Å². The van der Waals surface area contributed by atoms with Crippen LogP contribution >= 0.6 is 0 Å². The van der Waals surface area contributed by atoms with Gasteiger partial charge in [-0.2, -0.15) is 0 Å². The smallest absolute Gasteiger partial charge is 0.0491 e. The lowest BCUT2D eigenvalue weighted by Crippen LogP contribution is -2.40. The van der Waals surface area contributed by atoms with Gasteiger partial charge < -0.3 is 5.73 Å². The molecule has 2 rings (SSSR count). The molecule has 0 aromatic carbocycles. The molecule has 0 aliphatic carbocycles. The highest BCUT2D eigenvalue weighted by molar-refractivity contribution is 5.26. The van der Waals surface area contributed by atoms with Crippen molar-refractivity contribution in [2.45, 2.75) is 45.7 Å². The van der Waals surface area contributed by atoms with Crippen LogP contribution in [-0.4, -0.2) is 29.0 Å². The van der Waals surface area contributed by atoms with E-state index < -0.39 is 0 Å². The molecule has 2 atom stereocenters. The van der Waals surface area contributed by atoms with E-state index in [4.69, 9.17) is 5.73 Å². The lowest BCUT2D eigenvalue weighted by molar-refractivity contribution is 0.149. The zero-order chi connectivity index (χ0) is 13.1. The van der Waals surface area contributed by atoms with Gasteiger partial charge in [-0.1, -0.05) is 13.8 Å². The van der Waals surface area contributed by atoms with Gasteiger partial charge in [-0.3, -0.25) is 9.88 Å². The van der Waals surface area contributed by atoms with E-state index in [2.05, 4.69) is 36.7 Å². The molecular weight excluding hydrogens is 222 g/mol. The molecule has 1 saturated heterocycles. The van der Waals surface area contributed by atoms with Crippen LogP contribution < -0.4 is 5.73 Å². The summed E-state index contributed by atoms with van der Waals surface area (Å²) in [5.74, 6) is 0.693. The van der Waals surface area contributed by atoms with Crippen LogP contribution in [0.4, 0.5) is 0 Å². The number of pyridine rings is 1. The Bertz CT molecular complexity index is 389. The van der Waals surface area contributed by atoms with Gasteiger partial charge in [0.2, 0.25) is 0 Å². The van der Waals surface area contributed by atoms with E-state index in [-0.39, 0.29) is 0 Å². The van der Waals surface area contributed by atoms with Crippen LogP contribution in [0.2, 0.25) is 0 Å². The summed E-state index contributed by atoms with van der Waals surface area (Å²) < 4.78 is 0. The minimum atomic E-state index is 0.327. The highest BCUT2D eigenvalue weighted by Gasteiger charge is 2.33. The van der Waals surface area contributed by atoms with E-state index in [1.807, 2.05) is 12.4 Å². The predicted octanol–water partition coefficient (Wildman–Crippen LogP) is 2.51. The summed E-state index contributed by atoms with van der Waals surface area (Å²) >= 11 is 0.